The quantitative estimate of drug-likeness (QED) is 0.589. The van der Waals surface area contributed by atoms with E-state index in [1.165, 1.54) is 22.9 Å². The molecule has 0 aliphatic carbocycles. The van der Waals surface area contributed by atoms with Crippen LogP contribution < -0.4 is 5.56 Å². The molecule has 0 unspecified atom stereocenters. The molecule has 1 aromatic carbocycles. The number of benzene rings is 1. The van der Waals surface area contributed by atoms with Crippen LogP contribution in [0.25, 0.3) is 11.0 Å². The van der Waals surface area contributed by atoms with E-state index in [1.54, 1.807) is 30.0 Å². The third-order valence-electron chi connectivity index (χ3n) is 4.40. The fraction of sp³-hybridized carbons (Fsp3) is 0.250. The molecule has 0 saturated heterocycles. The number of fused-ring (bicyclic) bond motifs is 1. The largest absolute Gasteiger partial charge is 0.505 e. The van der Waals surface area contributed by atoms with Crippen LogP contribution in [0.2, 0.25) is 0 Å². The molecular weight excluding hydrogens is 383 g/mol. The van der Waals surface area contributed by atoms with Gasteiger partial charge in [-0.15, -0.1) is 0 Å². The summed E-state index contributed by atoms with van der Waals surface area (Å²) in [5, 5.41) is 19.6. The van der Waals surface area contributed by atoms with Crippen LogP contribution in [0, 0.1) is 5.82 Å². The molecule has 3 rings (SSSR count). The summed E-state index contributed by atoms with van der Waals surface area (Å²) in [5.41, 5.74) is 0.664. The van der Waals surface area contributed by atoms with Gasteiger partial charge in [0.25, 0.3) is 5.56 Å². The lowest BCUT2D eigenvalue weighted by Gasteiger charge is -2.14. The molecule has 2 aromatic heterocycles. The molecule has 3 aromatic rings. The smallest absolute Gasteiger partial charge is 0.345 e. The van der Waals surface area contributed by atoms with E-state index >= 15 is 0 Å². The van der Waals surface area contributed by atoms with Crippen LogP contribution in [0.15, 0.2) is 41.3 Å². The molecule has 0 spiro atoms. The van der Waals surface area contributed by atoms with Crippen LogP contribution in [0.5, 0.6) is 5.75 Å². The van der Waals surface area contributed by atoms with Gasteiger partial charge < -0.3 is 14.8 Å². The van der Waals surface area contributed by atoms with E-state index in [-0.39, 0.29) is 11.3 Å². The van der Waals surface area contributed by atoms with E-state index in [0.29, 0.717) is 24.9 Å². The minimum absolute atomic E-state index is 0.0732. The molecule has 8 heteroatoms. The molecule has 0 aliphatic rings. The molecule has 0 bridgehead atoms. The predicted molar refractivity (Wildman–Crippen MR) is 107 cm³/mol. The number of hydrogen-bond acceptors (Lipinski definition) is 5. The number of aromatic carboxylic acids is 1. The predicted octanol–water partition coefficient (Wildman–Crippen LogP) is 3.28. The minimum Gasteiger partial charge on any atom is -0.505 e. The highest BCUT2D eigenvalue weighted by Gasteiger charge is 2.22. The molecule has 0 saturated carbocycles. The van der Waals surface area contributed by atoms with Gasteiger partial charge in [0, 0.05) is 12.7 Å². The Labute approximate surface area is 164 Å². The zero-order chi connectivity index (χ0) is 20.3. The maximum atomic E-state index is 13.1. The van der Waals surface area contributed by atoms with E-state index in [1.807, 2.05) is 6.26 Å². The van der Waals surface area contributed by atoms with Gasteiger partial charge >= 0.3 is 5.97 Å². The first-order valence-corrected chi connectivity index (χ1v) is 10.0. The average molecular weight is 402 g/mol. The summed E-state index contributed by atoms with van der Waals surface area (Å²) in [5.74, 6) is -1.63. The molecule has 0 radical (unpaired) electrons. The van der Waals surface area contributed by atoms with Gasteiger partial charge in [-0.25, -0.2) is 9.18 Å². The number of aromatic hydroxyl groups is 1. The van der Waals surface area contributed by atoms with E-state index in [9.17, 15) is 24.2 Å². The van der Waals surface area contributed by atoms with Crippen LogP contribution in [-0.2, 0) is 13.0 Å². The van der Waals surface area contributed by atoms with Crippen molar-refractivity contribution in [1.29, 1.82) is 0 Å². The Morgan fingerprint density at radius 1 is 1.25 bits per heavy atom. The summed E-state index contributed by atoms with van der Waals surface area (Å²) in [7, 11) is 0. The van der Waals surface area contributed by atoms with E-state index < -0.39 is 22.8 Å². The van der Waals surface area contributed by atoms with Crippen molar-refractivity contribution in [3.8, 4) is 5.75 Å². The highest BCUT2D eigenvalue weighted by Crippen LogP contribution is 2.26. The molecule has 0 atom stereocenters. The van der Waals surface area contributed by atoms with Crippen molar-refractivity contribution >= 4 is 28.8 Å². The number of rotatable bonds is 7. The van der Waals surface area contributed by atoms with Crippen molar-refractivity contribution in [2.45, 2.75) is 19.4 Å². The monoisotopic (exact) mass is 402 g/mol. The van der Waals surface area contributed by atoms with Gasteiger partial charge in [0.15, 0.2) is 11.3 Å². The maximum absolute atomic E-state index is 13.1. The molecule has 0 fully saturated rings. The fourth-order valence-electron chi connectivity index (χ4n) is 3.06. The Morgan fingerprint density at radius 3 is 2.61 bits per heavy atom. The first kappa shape index (κ1) is 19.9. The van der Waals surface area contributed by atoms with Gasteiger partial charge in [0.1, 0.15) is 11.3 Å². The average Bonchev–Trinajstić information content (AvgIpc) is 2.66. The van der Waals surface area contributed by atoms with Gasteiger partial charge in [-0.3, -0.25) is 9.78 Å². The van der Waals surface area contributed by atoms with Crippen molar-refractivity contribution in [1.82, 2.24) is 9.55 Å². The van der Waals surface area contributed by atoms with E-state index in [2.05, 4.69) is 4.98 Å². The SMILES string of the molecule is CSCCCn1c(=O)c(C(=O)O)c(O)c2ncc(Cc3ccc(F)cc3)cc21. The van der Waals surface area contributed by atoms with Crippen molar-refractivity contribution in [3.05, 3.63) is 69.4 Å². The van der Waals surface area contributed by atoms with Crippen molar-refractivity contribution in [3.63, 3.8) is 0 Å². The zero-order valence-corrected chi connectivity index (χ0v) is 16.0. The first-order valence-electron chi connectivity index (χ1n) is 8.63. The van der Waals surface area contributed by atoms with Crippen molar-refractivity contribution in [2.75, 3.05) is 12.0 Å². The Morgan fingerprint density at radius 2 is 1.96 bits per heavy atom. The third kappa shape index (κ3) is 4.01. The van der Waals surface area contributed by atoms with E-state index in [4.69, 9.17) is 0 Å². The zero-order valence-electron chi connectivity index (χ0n) is 15.2. The Bertz CT molecular complexity index is 1080. The summed E-state index contributed by atoms with van der Waals surface area (Å²) in [6.07, 6.45) is 4.60. The number of carboxylic acids is 1. The number of pyridine rings is 2. The van der Waals surface area contributed by atoms with Crippen LogP contribution >= 0.6 is 11.8 Å². The van der Waals surface area contributed by atoms with Gasteiger partial charge in [0.2, 0.25) is 0 Å². The lowest BCUT2D eigenvalue weighted by molar-refractivity contribution is 0.0691. The molecule has 2 heterocycles. The summed E-state index contributed by atoms with van der Waals surface area (Å²) in [6.45, 7) is 0.318. The number of carboxylic acid groups (broad SMARTS) is 1. The summed E-state index contributed by atoms with van der Waals surface area (Å²) >= 11 is 1.62. The molecule has 2 N–H and O–H groups in total. The second-order valence-electron chi connectivity index (χ2n) is 6.35. The summed E-state index contributed by atoms with van der Waals surface area (Å²) in [6, 6.07) is 7.78. The standard InChI is InChI=1S/C20H19FN2O4S/c1-28-8-2-7-23-15-10-13(9-12-3-5-14(21)6-4-12)11-22-17(15)18(24)16(19(23)25)20(26)27/h3-6,10-11,24H,2,7-9H2,1H3,(H,26,27). The van der Waals surface area contributed by atoms with E-state index in [0.717, 1.165) is 16.9 Å². The highest BCUT2D eigenvalue weighted by molar-refractivity contribution is 7.98. The Balaban J connectivity index is 2.12. The van der Waals surface area contributed by atoms with Crippen LogP contribution in [0.4, 0.5) is 4.39 Å². The number of nitrogens with zero attached hydrogens (tertiary/aromatic N) is 2. The van der Waals surface area contributed by atoms with Crippen molar-refractivity contribution in [2.24, 2.45) is 0 Å². The summed E-state index contributed by atoms with van der Waals surface area (Å²) < 4.78 is 14.5. The Kier molecular flexibility index (Phi) is 5.99. The molecule has 0 aliphatic heterocycles. The number of halogens is 1. The number of thioether (sulfide) groups is 1. The van der Waals surface area contributed by atoms with Crippen LogP contribution in [0.1, 0.15) is 27.9 Å². The maximum Gasteiger partial charge on any atom is 0.345 e. The number of aryl methyl sites for hydroxylation is 1. The topological polar surface area (TPSA) is 92.4 Å². The molecular formula is C20H19FN2O4S. The fourth-order valence-corrected chi connectivity index (χ4v) is 3.48. The van der Waals surface area contributed by atoms with Gasteiger partial charge in [-0.05, 0) is 54.2 Å². The normalized spacial score (nSPS) is 11.1. The highest BCUT2D eigenvalue weighted by atomic mass is 32.2. The first-order chi connectivity index (χ1) is 13.4. The third-order valence-corrected chi connectivity index (χ3v) is 5.10. The second-order valence-corrected chi connectivity index (χ2v) is 7.33. The number of aromatic nitrogens is 2. The number of hydrogen-bond donors (Lipinski definition) is 2. The second kappa shape index (κ2) is 8.43. The lowest BCUT2D eigenvalue weighted by Crippen LogP contribution is -2.27. The van der Waals surface area contributed by atoms with Gasteiger partial charge in [-0.1, -0.05) is 12.1 Å². The molecule has 146 valence electrons. The van der Waals surface area contributed by atoms with Gasteiger partial charge in [-0.2, -0.15) is 11.8 Å². The molecule has 0 amide bonds. The molecule has 6 nitrogen and oxygen atoms in total. The van der Waals surface area contributed by atoms with Gasteiger partial charge in [0.05, 0.1) is 5.52 Å². The van der Waals surface area contributed by atoms with Crippen molar-refractivity contribution < 1.29 is 19.4 Å². The summed E-state index contributed by atoms with van der Waals surface area (Å²) in [4.78, 5) is 28.4. The Hall–Kier alpha value is -2.87. The molecule has 28 heavy (non-hydrogen) atoms. The van der Waals surface area contributed by atoms with Crippen LogP contribution in [-0.4, -0.2) is 37.7 Å². The van der Waals surface area contributed by atoms with Crippen LogP contribution in [0.3, 0.4) is 0 Å². The lowest BCUT2D eigenvalue weighted by atomic mass is 10.1. The minimum atomic E-state index is -1.49. The number of carbonyl (C=O) groups is 1.